The first-order valence-corrected chi connectivity index (χ1v) is 10.9. The number of hydrogen-bond acceptors (Lipinski definition) is 4. The first-order chi connectivity index (χ1) is 14.5. The zero-order valence-corrected chi connectivity index (χ0v) is 18.1. The molecule has 3 aromatic rings. The van der Waals surface area contributed by atoms with Crippen LogP contribution in [0.3, 0.4) is 0 Å². The van der Waals surface area contributed by atoms with Crippen molar-refractivity contribution in [1.82, 2.24) is 4.90 Å². The highest BCUT2D eigenvalue weighted by molar-refractivity contribution is 7.12. The Bertz CT molecular complexity index is 1070. The van der Waals surface area contributed by atoms with E-state index < -0.39 is 0 Å². The quantitative estimate of drug-likeness (QED) is 0.448. The van der Waals surface area contributed by atoms with Gasteiger partial charge in [0.25, 0.3) is 5.91 Å². The molecular weight excluding hydrogens is 446 g/mol. The smallest absolute Gasteiger partial charge is 0.264 e. The summed E-state index contributed by atoms with van der Waals surface area (Å²) >= 11 is 13.5. The fraction of sp³-hybridized carbons (Fsp3) is 0.182. The van der Waals surface area contributed by atoms with Crippen molar-refractivity contribution in [3.05, 3.63) is 91.8 Å². The van der Waals surface area contributed by atoms with Crippen molar-refractivity contribution in [3.8, 4) is 0 Å². The van der Waals surface area contributed by atoms with Gasteiger partial charge in [-0.25, -0.2) is 4.39 Å². The Balaban J connectivity index is 1.48. The average molecular weight is 463 g/mol. The molecule has 1 aromatic heterocycles. The van der Waals surface area contributed by atoms with Gasteiger partial charge in [-0.15, -0.1) is 11.3 Å². The van der Waals surface area contributed by atoms with E-state index in [0.29, 0.717) is 34.4 Å². The van der Waals surface area contributed by atoms with Gasteiger partial charge in [0.05, 0.1) is 27.2 Å². The van der Waals surface area contributed by atoms with Crippen LogP contribution in [0.5, 0.6) is 0 Å². The van der Waals surface area contributed by atoms with Gasteiger partial charge >= 0.3 is 0 Å². The van der Waals surface area contributed by atoms with Crippen LogP contribution in [0, 0.1) is 5.82 Å². The third-order valence-corrected chi connectivity index (χ3v) is 6.31. The Morgan fingerprint density at radius 1 is 1.17 bits per heavy atom. The van der Waals surface area contributed by atoms with Crippen molar-refractivity contribution in [2.75, 3.05) is 6.54 Å². The standard InChI is InChI=1S/C22H17Cl2FN2O2S/c23-18-8-5-15(10-19(18)24)20-11-17(29-26-20)13-27(22(28)21-2-1-9-30-21)12-14-3-6-16(25)7-4-14/h1-10,17H,11-13H2/t17-/m0/s1. The Kier molecular flexibility index (Phi) is 6.37. The monoisotopic (exact) mass is 462 g/mol. The number of carbonyl (C=O) groups excluding carboxylic acids is 1. The minimum atomic E-state index is -0.311. The van der Waals surface area contributed by atoms with E-state index in [2.05, 4.69) is 5.16 Å². The van der Waals surface area contributed by atoms with Crippen LogP contribution in [0.25, 0.3) is 0 Å². The molecule has 4 nitrogen and oxygen atoms in total. The molecular formula is C22H17Cl2FN2O2S. The number of halogens is 3. The van der Waals surface area contributed by atoms with Crippen LogP contribution >= 0.6 is 34.5 Å². The van der Waals surface area contributed by atoms with E-state index in [1.54, 1.807) is 35.2 Å². The molecule has 1 aliphatic rings. The van der Waals surface area contributed by atoms with Gasteiger partial charge in [-0.3, -0.25) is 4.79 Å². The Morgan fingerprint density at radius 3 is 2.67 bits per heavy atom. The van der Waals surface area contributed by atoms with Crippen molar-refractivity contribution >= 4 is 46.2 Å². The predicted molar refractivity (Wildman–Crippen MR) is 118 cm³/mol. The van der Waals surface area contributed by atoms with Gasteiger partial charge in [0.15, 0.2) is 6.10 Å². The van der Waals surface area contributed by atoms with Crippen molar-refractivity contribution in [2.45, 2.75) is 19.1 Å². The maximum atomic E-state index is 13.3. The Labute approximate surface area is 187 Å². The maximum Gasteiger partial charge on any atom is 0.264 e. The topological polar surface area (TPSA) is 41.9 Å². The van der Waals surface area contributed by atoms with Crippen LogP contribution in [0.4, 0.5) is 4.39 Å². The van der Waals surface area contributed by atoms with Gasteiger partial charge < -0.3 is 9.74 Å². The normalized spacial score (nSPS) is 15.6. The molecule has 0 saturated heterocycles. The van der Waals surface area contributed by atoms with E-state index in [-0.39, 0.29) is 17.8 Å². The number of nitrogens with zero attached hydrogens (tertiary/aromatic N) is 2. The fourth-order valence-electron chi connectivity index (χ4n) is 3.20. The first-order valence-electron chi connectivity index (χ1n) is 9.25. The number of benzene rings is 2. The molecule has 4 rings (SSSR count). The summed E-state index contributed by atoms with van der Waals surface area (Å²) in [7, 11) is 0. The molecule has 30 heavy (non-hydrogen) atoms. The summed E-state index contributed by atoms with van der Waals surface area (Å²) in [6.45, 7) is 0.696. The van der Waals surface area contributed by atoms with E-state index in [1.807, 2.05) is 17.5 Å². The molecule has 2 aromatic carbocycles. The number of amides is 1. The van der Waals surface area contributed by atoms with Crippen molar-refractivity contribution in [1.29, 1.82) is 0 Å². The lowest BCUT2D eigenvalue weighted by atomic mass is 10.0. The Morgan fingerprint density at radius 2 is 1.97 bits per heavy atom. The van der Waals surface area contributed by atoms with E-state index in [1.165, 1.54) is 23.5 Å². The summed E-state index contributed by atoms with van der Waals surface area (Å²) in [5, 5.41) is 6.97. The molecule has 1 amide bonds. The number of thiophene rings is 1. The molecule has 1 atom stereocenters. The largest absolute Gasteiger partial charge is 0.390 e. The molecule has 0 N–H and O–H groups in total. The molecule has 0 fully saturated rings. The molecule has 0 aliphatic carbocycles. The third-order valence-electron chi connectivity index (χ3n) is 4.72. The first kappa shape index (κ1) is 20.8. The average Bonchev–Trinajstić information content (AvgIpc) is 3.43. The summed E-state index contributed by atoms with van der Waals surface area (Å²) in [4.78, 5) is 21.0. The lowest BCUT2D eigenvalue weighted by molar-refractivity contribution is 0.0408. The number of rotatable bonds is 6. The van der Waals surface area contributed by atoms with Crippen LogP contribution in [0.1, 0.15) is 27.2 Å². The van der Waals surface area contributed by atoms with Crippen LogP contribution in [0.2, 0.25) is 10.0 Å². The number of hydrogen-bond donors (Lipinski definition) is 0. The summed E-state index contributed by atoms with van der Waals surface area (Å²) in [6.07, 6.45) is 0.245. The van der Waals surface area contributed by atoms with E-state index in [4.69, 9.17) is 28.0 Å². The van der Waals surface area contributed by atoms with Crippen molar-refractivity contribution in [2.24, 2.45) is 5.16 Å². The molecule has 0 bridgehead atoms. The fourth-order valence-corrected chi connectivity index (χ4v) is 4.19. The zero-order valence-electron chi connectivity index (χ0n) is 15.7. The summed E-state index contributed by atoms with van der Waals surface area (Å²) < 4.78 is 13.3. The lowest BCUT2D eigenvalue weighted by Crippen LogP contribution is -2.37. The minimum Gasteiger partial charge on any atom is -0.390 e. The van der Waals surface area contributed by atoms with Crippen LogP contribution in [-0.4, -0.2) is 29.2 Å². The van der Waals surface area contributed by atoms with E-state index in [0.717, 1.165) is 16.8 Å². The predicted octanol–water partition coefficient (Wildman–Crippen LogP) is 6.03. The SMILES string of the molecule is O=C(c1cccs1)N(Cc1ccc(F)cc1)C[C@@H]1CC(c2ccc(Cl)c(Cl)c2)=NO1. The third kappa shape index (κ3) is 4.83. The van der Waals surface area contributed by atoms with Gasteiger partial charge in [0.2, 0.25) is 0 Å². The van der Waals surface area contributed by atoms with Gasteiger partial charge in [0, 0.05) is 18.5 Å². The number of oxime groups is 1. The highest BCUT2D eigenvalue weighted by Crippen LogP contribution is 2.26. The van der Waals surface area contributed by atoms with E-state index >= 15 is 0 Å². The maximum absolute atomic E-state index is 13.3. The lowest BCUT2D eigenvalue weighted by Gasteiger charge is -2.24. The molecule has 2 heterocycles. The Hall–Kier alpha value is -2.41. The second-order valence-electron chi connectivity index (χ2n) is 6.89. The van der Waals surface area contributed by atoms with Crippen LogP contribution < -0.4 is 0 Å². The molecule has 0 unspecified atom stereocenters. The highest BCUT2D eigenvalue weighted by Gasteiger charge is 2.28. The zero-order chi connectivity index (χ0) is 21.1. The van der Waals surface area contributed by atoms with Crippen molar-refractivity contribution in [3.63, 3.8) is 0 Å². The van der Waals surface area contributed by atoms with Crippen molar-refractivity contribution < 1.29 is 14.0 Å². The van der Waals surface area contributed by atoms with Gasteiger partial charge in [-0.1, -0.05) is 52.6 Å². The number of carbonyl (C=O) groups is 1. The van der Waals surface area contributed by atoms with Crippen LogP contribution in [-0.2, 0) is 11.4 Å². The molecule has 8 heteroatoms. The highest BCUT2D eigenvalue weighted by atomic mass is 35.5. The molecule has 154 valence electrons. The molecule has 1 aliphatic heterocycles. The van der Waals surface area contributed by atoms with Gasteiger partial charge in [0.1, 0.15) is 5.82 Å². The summed E-state index contributed by atoms with van der Waals surface area (Å²) in [6, 6.07) is 15.1. The van der Waals surface area contributed by atoms with Crippen LogP contribution in [0.15, 0.2) is 65.1 Å². The van der Waals surface area contributed by atoms with Gasteiger partial charge in [-0.2, -0.15) is 0 Å². The van der Waals surface area contributed by atoms with E-state index in [9.17, 15) is 9.18 Å². The minimum absolute atomic E-state index is 0.0964. The summed E-state index contributed by atoms with van der Waals surface area (Å²) in [5.41, 5.74) is 2.43. The van der Waals surface area contributed by atoms with Gasteiger partial charge in [-0.05, 0) is 41.3 Å². The molecule has 0 saturated carbocycles. The second-order valence-corrected chi connectivity index (χ2v) is 8.65. The molecule has 0 spiro atoms. The second kappa shape index (κ2) is 9.16. The summed E-state index contributed by atoms with van der Waals surface area (Å²) in [5.74, 6) is -0.408. The molecule has 0 radical (unpaired) electrons.